The monoisotopic (exact) mass is 355 g/mol. The number of carbonyl (C=O) groups is 1. The van der Waals surface area contributed by atoms with Crippen LogP contribution in [0.4, 0.5) is 0 Å². The Labute approximate surface area is 139 Å². The maximum absolute atomic E-state index is 12.1. The van der Waals surface area contributed by atoms with E-state index in [-0.39, 0.29) is 11.8 Å². The first-order valence-corrected chi connectivity index (χ1v) is 8.14. The van der Waals surface area contributed by atoms with E-state index in [0.29, 0.717) is 13.1 Å². The number of benzene rings is 2. The Morgan fingerprint density at radius 1 is 1.27 bits per heavy atom. The van der Waals surface area contributed by atoms with E-state index in [4.69, 9.17) is 0 Å². The molecule has 0 fully saturated rings. The van der Waals surface area contributed by atoms with Gasteiger partial charge < -0.3 is 4.90 Å². The lowest BCUT2D eigenvalue weighted by Gasteiger charge is -2.35. The average molecular weight is 356 g/mol. The van der Waals surface area contributed by atoms with E-state index in [0.717, 1.165) is 4.47 Å². The molecular weight excluding hydrogens is 338 g/mol. The van der Waals surface area contributed by atoms with Crippen LogP contribution < -0.4 is 0 Å². The predicted octanol–water partition coefficient (Wildman–Crippen LogP) is 4.42. The van der Waals surface area contributed by atoms with Crippen LogP contribution in [0.3, 0.4) is 0 Å². The summed E-state index contributed by atoms with van der Waals surface area (Å²) >= 11 is 3.53. The molecule has 0 unspecified atom stereocenters. The molecule has 0 aromatic heterocycles. The maximum atomic E-state index is 12.1. The fourth-order valence-corrected chi connectivity index (χ4v) is 3.59. The third-order valence-electron chi connectivity index (χ3n) is 4.29. The van der Waals surface area contributed by atoms with Gasteiger partial charge in [0.25, 0.3) is 0 Å². The molecule has 0 bridgehead atoms. The molecule has 0 saturated carbocycles. The maximum Gasteiger partial charge on any atom is 0.246 e. The lowest BCUT2D eigenvalue weighted by molar-refractivity contribution is -0.127. The summed E-state index contributed by atoms with van der Waals surface area (Å²) in [7, 11) is 0. The van der Waals surface area contributed by atoms with E-state index in [1.54, 1.807) is 0 Å². The number of carbonyl (C=O) groups excluding carboxylic acids is 1. The second-order valence-corrected chi connectivity index (χ2v) is 6.59. The molecule has 0 aliphatic carbocycles. The molecule has 1 aliphatic rings. The summed E-state index contributed by atoms with van der Waals surface area (Å²) in [5.74, 6) is 0.200. The second-order valence-electron chi connectivity index (χ2n) is 5.68. The Kier molecular flexibility index (Phi) is 4.16. The van der Waals surface area contributed by atoms with Crippen molar-refractivity contribution in [2.45, 2.75) is 19.4 Å². The Hall–Kier alpha value is -1.87. The molecule has 0 saturated heterocycles. The summed E-state index contributed by atoms with van der Waals surface area (Å²) in [5, 5.41) is 0. The van der Waals surface area contributed by atoms with Crippen molar-refractivity contribution in [3.63, 3.8) is 0 Å². The third kappa shape index (κ3) is 2.73. The quantitative estimate of drug-likeness (QED) is 0.730. The van der Waals surface area contributed by atoms with Gasteiger partial charge in [0.05, 0.1) is 0 Å². The minimum absolute atomic E-state index is 0.00999. The number of aryl methyl sites for hydroxylation is 1. The lowest BCUT2D eigenvalue weighted by atomic mass is 9.83. The molecule has 3 rings (SSSR count). The van der Waals surface area contributed by atoms with Gasteiger partial charge in [-0.05, 0) is 47.4 Å². The van der Waals surface area contributed by atoms with E-state index in [9.17, 15) is 4.79 Å². The number of nitrogens with zero attached hydrogens (tertiary/aromatic N) is 1. The van der Waals surface area contributed by atoms with Crippen LogP contribution >= 0.6 is 15.9 Å². The molecule has 2 nitrogen and oxygen atoms in total. The first-order valence-electron chi connectivity index (χ1n) is 7.35. The zero-order valence-corrected chi connectivity index (χ0v) is 14.1. The Bertz CT molecular complexity index is 738. The first kappa shape index (κ1) is 15.0. The van der Waals surface area contributed by atoms with E-state index >= 15 is 0 Å². The number of rotatable bonds is 2. The minimum Gasteiger partial charge on any atom is -0.334 e. The van der Waals surface area contributed by atoms with Crippen LogP contribution in [0, 0.1) is 6.92 Å². The van der Waals surface area contributed by atoms with Gasteiger partial charge in [0, 0.05) is 23.5 Å². The molecule has 1 atom stereocenters. The smallest absolute Gasteiger partial charge is 0.246 e. The highest BCUT2D eigenvalue weighted by molar-refractivity contribution is 9.10. The molecule has 3 heteroatoms. The van der Waals surface area contributed by atoms with Crippen LogP contribution in [0.15, 0.2) is 59.6 Å². The largest absolute Gasteiger partial charge is 0.334 e. The molecule has 1 aliphatic heterocycles. The number of amides is 1. The summed E-state index contributed by atoms with van der Waals surface area (Å²) in [6, 6.07) is 14.8. The normalized spacial score (nSPS) is 17.0. The van der Waals surface area contributed by atoms with Crippen molar-refractivity contribution in [1.82, 2.24) is 4.90 Å². The molecule has 2 aromatic rings. The van der Waals surface area contributed by atoms with Gasteiger partial charge in [-0.3, -0.25) is 4.79 Å². The van der Waals surface area contributed by atoms with Crippen molar-refractivity contribution in [2.75, 3.05) is 6.54 Å². The van der Waals surface area contributed by atoms with Crippen LogP contribution in [0.25, 0.3) is 0 Å². The summed E-state index contributed by atoms with van der Waals surface area (Å²) < 4.78 is 1.04. The summed E-state index contributed by atoms with van der Waals surface area (Å²) in [6.45, 7) is 7.09. The predicted molar refractivity (Wildman–Crippen MR) is 92.8 cm³/mol. The van der Waals surface area contributed by atoms with Crippen molar-refractivity contribution < 1.29 is 4.79 Å². The van der Waals surface area contributed by atoms with E-state index in [2.05, 4.69) is 71.9 Å². The summed E-state index contributed by atoms with van der Waals surface area (Å²) in [4.78, 5) is 14.0. The fourth-order valence-electron chi connectivity index (χ4n) is 3.18. The highest BCUT2D eigenvalue weighted by Gasteiger charge is 2.29. The van der Waals surface area contributed by atoms with Crippen LogP contribution in [0.2, 0.25) is 0 Å². The molecular formula is C19H18BrNO. The first-order chi connectivity index (χ1) is 10.6. The average Bonchev–Trinajstić information content (AvgIpc) is 2.53. The van der Waals surface area contributed by atoms with Crippen molar-refractivity contribution in [3.05, 3.63) is 81.8 Å². The fraction of sp³-hybridized carbons (Fsp3) is 0.211. The number of hydrogen-bond acceptors (Lipinski definition) is 1. The molecule has 22 heavy (non-hydrogen) atoms. The van der Waals surface area contributed by atoms with Crippen molar-refractivity contribution in [2.24, 2.45) is 0 Å². The van der Waals surface area contributed by atoms with Gasteiger partial charge in [-0.15, -0.1) is 0 Å². The molecule has 0 spiro atoms. The van der Waals surface area contributed by atoms with Crippen LogP contribution in [0.1, 0.15) is 28.2 Å². The molecule has 1 amide bonds. The van der Waals surface area contributed by atoms with E-state index in [1.165, 1.54) is 28.3 Å². The van der Waals surface area contributed by atoms with Crippen molar-refractivity contribution in [3.8, 4) is 0 Å². The van der Waals surface area contributed by atoms with Crippen molar-refractivity contribution >= 4 is 21.8 Å². The van der Waals surface area contributed by atoms with Gasteiger partial charge in [-0.1, -0.05) is 52.8 Å². The van der Waals surface area contributed by atoms with Gasteiger partial charge in [0.1, 0.15) is 0 Å². The lowest BCUT2D eigenvalue weighted by Crippen LogP contribution is -2.37. The zero-order chi connectivity index (χ0) is 15.7. The van der Waals surface area contributed by atoms with Crippen LogP contribution in [-0.2, 0) is 11.3 Å². The van der Waals surface area contributed by atoms with Crippen LogP contribution in [-0.4, -0.2) is 17.4 Å². The molecule has 0 radical (unpaired) electrons. The molecule has 112 valence electrons. The Morgan fingerprint density at radius 2 is 2.05 bits per heavy atom. The van der Waals surface area contributed by atoms with Crippen LogP contribution in [0.5, 0.6) is 0 Å². The van der Waals surface area contributed by atoms with E-state index < -0.39 is 0 Å². The second kappa shape index (κ2) is 6.09. The van der Waals surface area contributed by atoms with Gasteiger partial charge in [-0.25, -0.2) is 0 Å². The third-order valence-corrected chi connectivity index (χ3v) is 4.79. The number of halogens is 1. The molecule has 2 aromatic carbocycles. The van der Waals surface area contributed by atoms with Crippen molar-refractivity contribution in [1.29, 1.82) is 0 Å². The van der Waals surface area contributed by atoms with Gasteiger partial charge >= 0.3 is 0 Å². The standard InChI is InChI=1S/C19H18BrNO/c1-3-19(22)21-11-14-10-15(20)8-9-17(14)18(12-21)16-7-5-4-6-13(16)2/h3-10,18H,1,11-12H2,2H3/t18-/m1/s1. The zero-order valence-electron chi connectivity index (χ0n) is 12.6. The topological polar surface area (TPSA) is 20.3 Å². The summed E-state index contributed by atoms with van der Waals surface area (Å²) in [5.41, 5.74) is 5.05. The SMILES string of the molecule is C=CC(=O)N1Cc2cc(Br)ccc2[C@@H](c2ccccc2C)C1. The van der Waals surface area contributed by atoms with Gasteiger partial charge in [0.15, 0.2) is 0 Å². The molecule has 1 heterocycles. The summed E-state index contributed by atoms with van der Waals surface area (Å²) in [6.07, 6.45) is 1.40. The molecule has 0 N–H and O–H groups in total. The number of hydrogen-bond donors (Lipinski definition) is 0. The minimum atomic E-state index is -0.00999. The van der Waals surface area contributed by atoms with E-state index in [1.807, 2.05) is 4.90 Å². The van der Waals surface area contributed by atoms with Gasteiger partial charge in [-0.2, -0.15) is 0 Å². The number of fused-ring (bicyclic) bond motifs is 1. The Morgan fingerprint density at radius 3 is 2.77 bits per heavy atom. The van der Waals surface area contributed by atoms with Gasteiger partial charge in [0.2, 0.25) is 5.91 Å². The highest BCUT2D eigenvalue weighted by Crippen LogP contribution is 2.36. The highest BCUT2D eigenvalue weighted by atomic mass is 79.9. The Balaban J connectivity index is 2.11.